The third-order valence-electron chi connectivity index (χ3n) is 4.47. The van der Waals surface area contributed by atoms with Crippen LogP contribution >= 0.6 is 0 Å². The van der Waals surface area contributed by atoms with Gasteiger partial charge in [0.2, 0.25) is 0 Å². The van der Waals surface area contributed by atoms with Gasteiger partial charge in [-0.05, 0) is 31.7 Å². The van der Waals surface area contributed by atoms with Crippen LogP contribution in [0.15, 0.2) is 36.5 Å². The lowest BCUT2D eigenvalue weighted by molar-refractivity contribution is 0.0949. The van der Waals surface area contributed by atoms with E-state index in [9.17, 15) is 4.79 Å². The molecule has 0 saturated heterocycles. The van der Waals surface area contributed by atoms with Gasteiger partial charge in [0.1, 0.15) is 0 Å². The zero-order valence-electron chi connectivity index (χ0n) is 13.9. The highest BCUT2D eigenvalue weighted by molar-refractivity contribution is 5.96. The summed E-state index contributed by atoms with van der Waals surface area (Å²) < 4.78 is 1.83. The fraction of sp³-hybridized carbons (Fsp3) is 0.316. The number of amides is 1. The number of hydrogen-bond donors (Lipinski definition) is 1. The first-order chi connectivity index (χ1) is 11.7. The molecule has 1 aromatic carbocycles. The van der Waals surface area contributed by atoms with Crippen LogP contribution in [0.2, 0.25) is 0 Å². The maximum atomic E-state index is 12.5. The van der Waals surface area contributed by atoms with Gasteiger partial charge in [-0.3, -0.25) is 4.79 Å². The normalized spacial score (nSPS) is 14.1. The minimum atomic E-state index is -0.0434. The Morgan fingerprint density at radius 2 is 2.04 bits per heavy atom. The van der Waals surface area contributed by atoms with Crippen LogP contribution in [0.3, 0.4) is 0 Å². The molecule has 0 radical (unpaired) electrons. The molecule has 4 rings (SSSR count). The van der Waals surface area contributed by atoms with Gasteiger partial charge in [-0.15, -0.1) is 0 Å². The first-order valence-electron chi connectivity index (χ1n) is 8.42. The van der Waals surface area contributed by atoms with Crippen LogP contribution in [-0.4, -0.2) is 26.5 Å². The topological polar surface area (TPSA) is 59.3 Å². The summed E-state index contributed by atoms with van der Waals surface area (Å²) in [5.41, 5.74) is 5.37. The number of aromatic nitrogens is 3. The Morgan fingerprint density at radius 1 is 1.29 bits per heavy atom. The van der Waals surface area contributed by atoms with Crippen LogP contribution in [0, 0.1) is 6.92 Å². The van der Waals surface area contributed by atoms with E-state index in [-0.39, 0.29) is 5.91 Å². The molecule has 1 amide bonds. The summed E-state index contributed by atoms with van der Waals surface area (Å²) in [6, 6.07) is 10.5. The molecule has 2 heterocycles. The number of rotatable bonds is 4. The molecule has 5 heteroatoms. The molecule has 2 aromatic heterocycles. The van der Waals surface area contributed by atoms with Crippen molar-refractivity contribution < 1.29 is 4.79 Å². The molecular formula is C19H20N4O. The van der Waals surface area contributed by atoms with Crippen LogP contribution in [0.5, 0.6) is 0 Å². The van der Waals surface area contributed by atoms with E-state index in [0.717, 1.165) is 47.4 Å². The van der Waals surface area contributed by atoms with Gasteiger partial charge in [0.05, 0.1) is 17.0 Å². The molecule has 24 heavy (non-hydrogen) atoms. The highest BCUT2D eigenvalue weighted by Gasteiger charge is 2.26. The molecule has 3 aromatic rings. The largest absolute Gasteiger partial charge is 0.349 e. The minimum Gasteiger partial charge on any atom is -0.349 e. The molecule has 0 bridgehead atoms. The lowest BCUT2D eigenvalue weighted by Gasteiger charge is -2.10. The Kier molecular flexibility index (Phi) is 3.56. The number of carbonyl (C=O) groups is 1. The van der Waals surface area contributed by atoms with Crippen molar-refractivity contribution in [2.45, 2.75) is 39.2 Å². The molecule has 0 atom stereocenters. The zero-order chi connectivity index (χ0) is 16.7. The van der Waals surface area contributed by atoms with Gasteiger partial charge < -0.3 is 5.32 Å². The molecule has 1 fully saturated rings. The molecule has 0 spiro atoms. The van der Waals surface area contributed by atoms with Crippen LogP contribution in [0.25, 0.3) is 16.8 Å². The van der Waals surface area contributed by atoms with Crippen molar-refractivity contribution >= 4 is 11.6 Å². The van der Waals surface area contributed by atoms with Gasteiger partial charge in [0.25, 0.3) is 5.91 Å². The molecule has 1 N–H and O–H groups in total. The minimum absolute atomic E-state index is 0.0434. The number of carbonyl (C=O) groups excluding carboxylic acids is 1. The highest BCUT2D eigenvalue weighted by Crippen LogP contribution is 2.28. The van der Waals surface area contributed by atoms with Crippen LogP contribution < -0.4 is 5.32 Å². The van der Waals surface area contributed by atoms with E-state index in [1.807, 2.05) is 36.6 Å². The first kappa shape index (κ1) is 14.9. The summed E-state index contributed by atoms with van der Waals surface area (Å²) in [4.78, 5) is 17.1. The van der Waals surface area contributed by atoms with E-state index < -0.39 is 0 Å². The van der Waals surface area contributed by atoms with E-state index in [1.165, 1.54) is 0 Å². The maximum absolute atomic E-state index is 12.5. The maximum Gasteiger partial charge on any atom is 0.254 e. The van der Waals surface area contributed by atoms with Crippen molar-refractivity contribution in [3.05, 3.63) is 53.5 Å². The summed E-state index contributed by atoms with van der Waals surface area (Å²) in [6.45, 7) is 4.03. The Balaban J connectivity index is 1.87. The molecule has 122 valence electrons. The van der Waals surface area contributed by atoms with Gasteiger partial charge in [0.15, 0.2) is 5.65 Å². The van der Waals surface area contributed by atoms with Crippen LogP contribution in [0.4, 0.5) is 0 Å². The van der Waals surface area contributed by atoms with E-state index >= 15 is 0 Å². The quantitative estimate of drug-likeness (QED) is 0.803. The van der Waals surface area contributed by atoms with Gasteiger partial charge in [-0.25, -0.2) is 9.50 Å². The fourth-order valence-corrected chi connectivity index (χ4v) is 3.10. The lowest BCUT2D eigenvalue weighted by Crippen LogP contribution is -2.27. The molecule has 1 aliphatic rings. The van der Waals surface area contributed by atoms with E-state index in [0.29, 0.717) is 11.6 Å². The average Bonchev–Trinajstić information content (AvgIpc) is 3.34. The van der Waals surface area contributed by atoms with Gasteiger partial charge in [-0.2, -0.15) is 5.10 Å². The standard InChI is InChI=1S/C19H20N4O/c1-3-16-15(19(24)21-14-9-10-14)11-20-18-17(12(2)22-23(16)18)13-7-5-4-6-8-13/h4-8,11,14H,3,9-10H2,1-2H3,(H,21,24). The third kappa shape index (κ3) is 2.46. The number of benzene rings is 1. The van der Waals surface area contributed by atoms with Crippen LogP contribution in [0.1, 0.15) is 41.5 Å². The molecule has 1 saturated carbocycles. The van der Waals surface area contributed by atoms with Gasteiger partial charge in [-0.1, -0.05) is 37.3 Å². The number of fused-ring (bicyclic) bond motifs is 1. The summed E-state index contributed by atoms with van der Waals surface area (Å²) in [5, 5.41) is 7.71. The van der Waals surface area contributed by atoms with Crippen molar-refractivity contribution in [2.75, 3.05) is 0 Å². The molecule has 5 nitrogen and oxygen atoms in total. The van der Waals surface area contributed by atoms with Crippen molar-refractivity contribution in [3.63, 3.8) is 0 Å². The Hall–Kier alpha value is -2.69. The van der Waals surface area contributed by atoms with E-state index in [1.54, 1.807) is 6.20 Å². The number of nitrogens with one attached hydrogen (secondary N) is 1. The van der Waals surface area contributed by atoms with E-state index in [2.05, 4.69) is 27.5 Å². The smallest absolute Gasteiger partial charge is 0.254 e. The molecular weight excluding hydrogens is 300 g/mol. The summed E-state index contributed by atoms with van der Waals surface area (Å²) in [7, 11) is 0. The Bertz CT molecular complexity index is 910. The van der Waals surface area contributed by atoms with Crippen molar-refractivity contribution in [1.29, 1.82) is 0 Å². The lowest BCUT2D eigenvalue weighted by atomic mass is 10.1. The Morgan fingerprint density at radius 3 is 2.71 bits per heavy atom. The summed E-state index contributed by atoms with van der Waals surface area (Å²) >= 11 is 0. The van der Waals surface area contributed by atoms with Gasteiger partial charge in [0, 0.05) is 17.8 Å². The van der Waals surface area contributed by atoms with Crippen molar-refractivity contribution in [2.24, 2.45) is 0 Å². The second-order valence-corrected chi connectivity index (χ2v) is 6.28. The third-order valence-corrected chi connectivity index (χ3v) is 4.47. The number of aryl methyl sites for hydroxylation is 2. The molecule has 0 unspecified atom stereocenters. The SMILES string of the molecule is CCc1c(C(=O)NC2CC2)cnc2c(-c3ccccc3)c(C)nn12. The van der Waals surface area contributed by atoms with Crippen LogP contribution in [-0.2, 0) is 6.42 Å². The van der Waals surface area contributed by atoms with Crippen molar-refractivity contribution in [3.8, 4) is 11.1 Å². The van der Waals surface area contributed by atoms with E-state index in [4.69, 9.17) is 0 Å². The summed E-state index contributed by atoms with van der Waals surface area (Å²) in [5.74, 6) is -0.0434. The highest BCUT2D eigenvalue weighted by atomic mass is 16.1. The predicted octanol–water partition coefficient (Wildman–Crippen LogP) is 3.16. The van der Waals surface area contributed by atoms with Gasteiger partial charge >= 0.3 is 0 Å². The average molecular weight is 320 g/mol. The second kappa shape index (κ2) is 5.74. The number of nitrogens with zero attached hydrogens (tertiary/aromatic N) is 3. The number of hydrogen-bond acceptors (Lipinski definition) is 3. The summed E-state index contributed by atoms with van der Waals surface area (Å²) in [6.07, 6.45) is 4.56. The first-order valence-corrected chi connectivity index (χ1v) is 8.42. The monoisotopic (exact) mass is 320 g/mol. The predicted molar refractivity (Wildman–Crippen MR) is 93.0 cm³/mol. The second-order valence-electron chi connectivity index (χ2n) is 6.28. The fourth-order valence-electron chi connectivity index (χ4n) is 3.10. The molecule has 1 aliphatic carbocycles. The zero-order valence-corrected chi connectivity index (χ0v) is 13.9. The molecule has 0 aliphatic heterocycles. The Labute approximate surface area is 140 Å². The van der Waals surface area contributed by atoms with Crippen molar-refractivity contribution in [1.82, 2.24) is 19.9 Å².